The topological polar surface area (TPSA) is 83.9 Å². The summed E-state index contributed by atoms with van der Waals surface area (Å²) in [5.41, 5.74) is 0.396. The summed E-state index contributed by atoms with van der Waals surface area (Å²) in [6.45, 7) is 6.30. The van der Waals surface area contributed by atoms with Crippen molar-refractivity contribution < 1.29 is 24.2 Å². The van der Waals surface area contributed by atoms with Crippen LogP contribution < -0.4 is 0 Å². The van der Waals surface area contributed by atoms with Crippen LogP contribution >= 0.6 is 0 Å². The second kappa shape index (κ2) is 7.04. The Labute approximate surface area is 178 Å². The van der Waals surface area contributed by atoms with Crippen LogP contribution in [-0.4, -0.2) is 48.1 Å². The number of nitrogens with zero attached hydrogens (tertiary/aromatic N) is 1. The summed E-state index contributed by atoms with van der Waals surface area (Å²) in [6, 6.07) is 0. The highest BCUT2D eigenvalue weighted by Crippen LogP contribution is 2.67. The number of allylic oxidation sites excluding steroid dienone is 4. The van der Waals surface area contributed by atoms with Gasteiger partial charge in [0.15, 0.2) is 5.78 Å². The number of ketones is 1. The first-order chi connectivity index (χ1) is 14.0. The first-order valence-corrected chi connectivity index (χ1v) is 11.0. The SMILES string of the molecule is C[C@@H]1CC2C3CCC4=CC(=O)C=C[C@]4(C)C3C(O)C[C@]2(C)[C@H]1C(=O)OC(=O)N(C)C. The molecule has 1 amide bonds. The van der Waals surface area contributed by atoms with E-state index >= 15 is 0 Å². The molecule has 0 spiro atoms. The van der Waals surface area contributed by atoms with Crippen LogP contribution in [0.25, 0.3) is 0 Å². The fraction of sp³-hybridized carbons (Fsp3) is 0.708. The summed E-state index contributed by atoms with van der Waals surface area (Å²) >= 11 is 0. The van der Waals surface area contributed by atoms with Crippen molar-refractivity contribution in [3.8, 4) is 0 Å². The van der Waals surface area contributed by atoms with Gasteiger partial charge in [-0.1, -0.05) is 32.4 Å². The van der Waals surface area contributed by atoms with Gasteiger partial charge in [-0.2, -0.15) is 0 Å². The Morgan fingerprint density at radius 3 is 2.63 bits per heavy atom. The molecule has 4 aliphatic carbocycles. The lowest BCUT2D eigenvalue weighted by Gasteiger charge is -2.58. The molecule has 164 valence electrons. The molecule has 8 atom stereocenters. The van der Waals surface area contributed by atoms with E-state index in [0.29, 0.717) is 6.42 Å². The minimum atomic E-state index is -0.648. The fourth-order valence-corrected chi connectivity index (χ4v) is 7.44. The Morgan fingerprint density at radius 2 is 1.97 bits per heavy atom. The van der Waals surface area contributed by atoms with E-state index in [2.05, 4.69) is 20.8 Å². The van der Waals surface area contributed by atoms with Gasteiger partial charge in [0, 0.05) is 25.4 Å². The van der Waals surface area contributed by atoms with Crippen molar-refractivity contribution in [1.29, 1.82) is 0 Å². The number of hydrogen-bond acceptors (Lipinski definition) is 5. The van der Waals surface area contributed by atoms with E-state index in [1.807, 2.05) is 6.08 Å². The molecule has 0 bridgehead atoms. The van der Waals surface area contributed by atoms with E-state index in [1.54, 1.807) is 26.2 Å². The maximum absolute atomic E-state index is 13.0. The molecule has 0 aromatic rings. The van der Waals surface area contributed by atoms with E-state index in [-0.39, 0.29) is 34.9 Å². The molecule has 0 aromatic carbocycles. The molecule has 0 radical (unpaired) electrons. The average Bonchev–Trinajstić information content (AvgIpc) is 2.91. The van der Waals surface area contributed by atoms with Crippen molar-refractivity contribution in [2.24, 2.45) is 40.4 Å². The Hall–Kier alpha value is -1.95. The Kier molecular flexibility index (Phi) is 5.00. The molecule has 4 unspecified atom stereocenters. The predicted molar refractivity (Wildman–Crippen MR) is 111 cm³/mol. The van der Waals surface area contributed by atoms with Gasteiger partial charge in [0.2, 0.25) is 0 Å². The molecular formula is C24H33NO5. The fourth-order valence-electron chi connectivity index (χ4n) is 7.44. The van der Waals surface area contributed by atoms with Crippen LogP contribution in [0.4, 0.5) is 4.79 Å². The molecule has 0 heterocycles. The number of hydrogen-bond donors (Lipinski definition) is 1. The maximum atomic E-state index is 13.0. The number of aliphatic hydroxyl groups is 1. The number of carbonyl (C=O) groups is 3. The van der Waals surface area contributed by atoms with Crippen LogP contribution in [0.3, 0.4) is 0 Å². The van der Waals surface area contributed by atoms with E-state index in [1.165, 1.54) is 4.90 Å². The minimum Gasteiger partial charge on any atom is -0.393 e. The third kappa shape index (κ3) is 2.98. The second-order valence-corrected chi connectivity index (χ2v) is 10.6. The Bertz CT molecular complexity index is 845. The quantitative estimate of drug-likeness (QED) is 0.524. The smallest absolute Gasteiger partial charge is 0.393 e. The summed E-state index contributed by atoms with van der Waals surface area (Å²) in [7, 11) is 3.12. The van der Waals surface area contributed by atoms with Crippen LogP contribution in [0, 0.1) is 40.4 Å². The lowest BCUT2D eigenvalue weighted by atomic mass is 9.47. The lowest BCUT2D eigenvalue weighted by molar-refractivity contribution is -0.157. The lowest BCUT2D eigenvalue weighted by Crippen LogP contribution is -2.56. The monoisotopic (exact) mass is 415 g/mol. The van der Waals surface area contributed by atoms with E-state index in [4.69, 9.17) is 4.74 Å². The Balaban J connectivity index is 1.66. The number of esters is 1. The van der Waals surface area contributed by atoms with Crippen molar-refractivity contribution in [3.63, 3.8) is 0 Å². The van der Waals surface area contributed by atoms with Crippen LogP contribution in [0.5, 0.6) is 0 Å². The van der Waals surface area contributed by atoms with Crippen LogP contribution in [0.15, 0.2) is 23.8 Å². The van der Waals surface area contributed by atoms with E-state index < -0.39 is 29.5 Å². The normalized spacial score (nSPS) is 44.5. The maximum Gasteiger partial charge on any atom is 0.416 e. The third-order valence-electron chi connectivity index (χ3n) is 8.64. The van der Waals surface area contributed by atoms with Gasteiger partial charge in [-0.3, -0.25) is 9.59 Å². The van der Waals surface area contributed by atoms with E-state index in [9.17, 15) is 19.5 Å². The highest BCUT2D eigenvalue weighted by Gasteiger charge is 2.64. The molecule has 6 heteroatoms. The zero-order valence-corrected chi connectivity index (χ0v) is 18.6. The van der Waals surface area contributed by atoms with E-state index in [0.717, 1.165) is 24.8 Å². The highest BCUT2D eigenvalue weighted by atomic mass is 16.6. The number of aliphatic hydroxyl groups excluding tert-OH is 1. The van der Waals surface area contributed by atoms with Crippen LogP contribution in [-0.2, 0) is 14.3 Å². The number of carbonyl (C=O) groups excluding carboxylic acids is 3. The van der Waals surface area contributed by atoms with Crippen molar-refractivity contribution in [1.82, 2.24) is 4.90 Å². The van der Waals surface area contributed by atoms with Gasteiger partial charge >= 0.3 is 12.1 Å². The predicted octanol–water partition coefficient (Wildman–Crippen LogP) is 3.35. The third-order valence-corrected chi connectivity index (χ3v) is 8.64. The van der Waals surface area contributed by atoms with Crippen LogP contribution in [0.1, 0.15) is 46.5 Å². The van der Waals surface area contributed by atoms with Crippen molar-refractivity contribution in [2.75, 3.05) is 14.1 Å². The molecular weight excluding hydrogens is 382 g/mol. The first-order valence-electron chi connectivity index (χ1n) is 11.0. The minimum absolute atomic E-state index is 0.0268. The van der Waals surface area contributed by atoms with Crippen molar-refractivity contribution in [3.05, 3.63) is 23.8 Å². The average molecular weight is 416 g/mol. The zero-order chi connectivity index (χ0) is 22.0. The molecule has 4 aliphatic rings. The molecule has 3 fully saturated rings. The molecule has 1 N–H and O–H groups in total. The van der Waals surface area contributed by atoms with Gasteiger partial charge in [-0.15, -0.1) is 0 Å². The first kappa shape index (κ1) is 21.3. The standard InChI is InChI=1S/C24H33NO5/c1-13-10-17-16-7-6-14-11-15(26)8-9-23(14,2)20(16)18(27)12-24(17,3)19(13)21(28)30-22(29)25(4)5/h8-9,11,13,16-20,27H,6-7,10,12H2,1-5H3/t13-,16?,17?,18?,19-,20?,23+,24+/m1/s1. The summed E-state index contributed by atoms with van der Waals surface area (Å²) in [4.78, 5) is 38.2. The second-order valence-electron chi connectivity index (χ2n) is 10.6. The van der Waals surface area contributed by atoms with Gasteiger partial charge < -0.3 is 14.7 Å². The number of amides is 1. The number of ether oxygens (including phenoxy) is 1. The van der Waals surface area contributed by atoms with Gasteiger partial charge in [-0.25, -0.2) is 4.79 Å². The van der Waals surface area contributed by atoms with Gasteiger partial charge in [0.1, 0.15) is 0 Å². The van der Waals surface area contributed by atoms with Gasteiger partial charge in [0.05, 0.1) is 12.0 Å². The van der Waals surface area contributed by atoms with Crippen LogP contribution in [0.2, 0.25) is 0 Å². The molecule has 3 saturated carbocycles. The number of fused-ring (bicyclic) bond motifs is 5. The summed E-state index contributed by atoms with van der Waals surface area (Å²) in [6.07, 6.45) is 7.30. The molecule has 4 rings (SSSR count). The molecule has 0 aromatic heterocycles. The summed E-state index contributed by atoms with van der Waals surface area (Å²) in [5, 5.41) is 11.4. The molecule has 6 nitrogen and oxygen atoms in total. The van der Waals surface area contributed by atoms with Crippen molar-refractivity contribution >= 4 is 17.8 Å². The summed E-state index contributed by atoms with van der Waals surface area (Å²) in [5.74, 6) is -0.190. The molecule has 30 heavy (non-hydrogen) atoms. The van der Waals surface area contributed by atoms with Crippen molar-refractivity contribution in [2.45, 2.75) is 52.6 Å². The number of rotatable bonds is 1. The largest absolute Gasteiger partial charge is 0.416 e. The zero-order valence-electron chi connectivity index (χ0n) is 18.6. The molecule has 0 saturated heterocycles. The van der Waals surface area contributed by atoms with Gasteiger partial charge in [0.25, 0.3) is 0 Å². The highest BCUT2D eigenvalue weighted by molar-refractivity contribution is 6.01. The Morgan fingerprint density at radius 1 is 1.27 bits per heavy atom. The molecule has 0 aliphatic heterocycles. The summed E-state index contributed by atoms with van der Waals surface area (Å²) < 4.78 is 5.18. The van der Waals surface area contributed by atoms with Gasteiger partial charge in [-0.05, 0) is 61.0 Å².